The van der Waals surface area contributed by atoms with E-state index in [4.69, 9.17) is 5.73 Å². The number of unbranched alkanes of at least 4 members (excludes halogenated alkanes) is 1. The van der Waals surface area contributed by atoms with E-state index in [0.29, 0.717) is 6.54 Å². The third-order valence-corrected chi connectivity index (χ3v) is 5.10. The van der Waals surface area contributed by atoms with E-state index in [2.05, 4.69) is 28.1 Å². The molecule has 1 aromatic heterocycles. The molecule has 5 N–H and O–H groups in total. The molecule has 2 aromatic carbocycles. The van der Waals surface area contributed by atoms with Crippen molar-refractivity contribution < 1.29 is 4.79 Å². The van der Waals surface area contributed by atoms with Crippen LogP contribution < -0.4 is 21.7 Å². The van der Waals surface area contributed by atoms with Crippen LogP contribution >= 0.6 is 0 Å². The lowest BCUT2D eigenvalue weighted by Gasteiger charge is -2.09. The van der Waals surface area contributed by atoms with Crippen molar-refractivity contribution in [3.05, 3.63) is 48.5 Å². The van der Waals surface area contributed by atoms with Gasteiger partial charge in [-0.3, -0.25) is 4.57 Å². The molecule has 0 aliphatic heterocycles. The van der Waals surface area contributed by atoms with E-state index in [1.807, 2.05) is 36.4 Å². The number of hydrogen-bond donors (Lipinski definition) is 4. The monoisotopic (exact) mass is 395 g/mol. The molecule has 3 aromatic rings. The number of carbonyl (C=O) groups excluding carboxylic acids is 1. The van der Waals surface area contributed by atoms with Gasteiger partial charge < -0.3 is 21.7 Å². The van der Waals surface area contributed by atoms with Crippen molar-refractivity contribution in [3.8, 4) is 0 Å². The predicted octanol–water partition coefficient (Wildman–Crippen LogP) is 3.05. The maximum absolute atomic E-state index is 12.8. The second kappa shape index (κ2) is 11.6. The van der Waals surface area contributed by atoms with E-state index >= 15 is 0 Å². The summed E-state index contributed by atoms with van der Waals surface area (Å²) in [5, 5.41) is 12.1. The highest BCUT2D eigenvalue weighted by molar-refractivity contribution is 6.13. The number of hydrogen-bond acceptors (Lipinski definition) is 4. The van der Waals surface area contributed by atoms with Crippen molar-refractivity contribution in [2.75, 3.05) is 39.3 Å². The Bertz CT molecular complexity index is 851. The molecule has 0 aliphatic rings. The van der Waals surface area contributed by atoms with E-state index < -0.39 is 0 Å². The summed E-state index contributed by atoms with van der Waals surface area (Å²) in [6.07, 6.45) is 4.28. The summed E-state index contributed by atoms with van der Waals surface area (Å²) in [5.74, 6) is 0. The predicted molar refractivity (Wildman–Crippen MR) is 122 cm³/mol. The Morgan fingerprint density at radius 1 is 0.724 bits per heavy atom. The maximum atomic E-state index is 12.8. The van der Waals surface area contributed by atoms with Crippen molar-refractivity contribution in [1.82, 2.24) is 20.5 Å². The third kappa shape index (κ3) is 5.79. The Balaban J connectivity index is 1.38. The molecule has 1 heterocycles. The van der Waals surface area contributed by atoms with Gasteiger partial charge in [-0.1, -0.05) is 36.4 Å². The number of carbonyl (C=O) groups is 1. The SMILES string of the molecule is NCCCNCCCCNCCCNC(=O)n1c2ccccc2c2ccccc21. The Labute approximate surface area is 172 Å². The van der Waals surface area contributed by atoms with Gasteiger partial charge in [0.05, 0.1) is 11.0 Å². The van der Waals surface area contributed by atoms with Crippen molar-refractivity contribution in [1.29, 1.82) is 0 Å². The first-order chi connectivity index (χ1) is 14.3. The summed E-state index contributed by atoms with van der Waals surface area (Å²) in [7, 11) is 0. The van der Waals surface area contributed by atoms with Crippen LogP contribution in [0.5, 0.6) is 0 Å². The van der Waals surface area contributed by atoms with Gasteiger partial charge in [0, 0.05) is 17.3 Å². The first-order valence-electron chi connectivity index (χ1n) is 10.7. The van der Waals surface area contributed by atoms with Gasteiger partial charge in [-0.25, -0.2) is 4.79 Å². The van der Waals surface area contributed by atoms with Gasteiger partial charge in [-0.05, 0) is 70.5 Å². The van der Waals surface area contributed by atoms with E-state index in [9.17, 15) is 4.79 Å². The van der Waals surface area contributed by atoms with E-state index in [0.717, 1.165) is 73.8 Å². The van der Waals surface area contributed by atoms with Crippen LogP contribution in [-0.4, -0.2) is 49.9 Å². The fourth-order valence-corrected chi connectivity index (χ4v) is 3.61. The third-order valence-electron chi connectivity index (χ3n) is 5.10. The molecule has 0 bridgehead atoms. The average Bonchev–Trinajstić information content (AvgIpc) is 3.09. The molecule has 0 radical (unpaired) electrons. The van der Waals surface area contributed by atoms with E-state index in [-0.39, 0.29) is 6.03 Å². The molecular formula is C23H33N5O. The molecule has 0 saturated carbocycles. The quantitative estimate of drug-likeness (QED) is 0.355. The lowest BCUT2D eigenvalue weighted by atomic mass is 10.2. The van der Waals surface area contributed by atoms with Gasteiger partial charge in [0.25, 0.3) is 0 Å². The molecule has 29 heavy (non-hydrogen) atoms. The van der Waals surface area contributed by atoms with Crippen molar-refractivity contribution in [3.63, 3.8) is 0 Å². The summed E-state index contributed by atoms with van der Waals surface area (Å²) in [4.78, 5) is 12.8. The average molecular weight is 396 g/mol. The molecule has 0 unspecified atom stereocenters. The molecule has 0 fully saturated rings. The van der Waals surface area contributed by atoms with Gasteiger partial charge in [0.15, 0.2) is 0 Å². The Morgan fingerprint density at radius 3 is 1.83 bits per heavy atom. The topological polar surface area (TPSA) is 84.1 Å². The lowest BCUT2D eigenvalue weighted by Crippen LogP contribution is -2.31. The van der Waals surface area contributed by atoms with Crippen LogP contribution in [0.4, 0.5) is 4.79 Å². The summed E-state index contributed by atoms with van der Waals surface area (Å²) in [6, 6.07) is 16.1. The van der Waals surface area contributed by atoms with Gasteiger partial charge in [-0.15, -0.1) is 0 Å². The van der Waals surface area contributed by atoms with Gasteiger partial charge >= 0.3 is 6.03 Å². The van der Waals surface area contributed by atoms with Crippen molar-refractivity contribution in [2.45, 2.75) is 25.7 Å². The number of rotatable bonds is 12. The van der Waals surface area contributed by atoms with Crippen LogP contribution in [0, 0.1) is 0 Å². The van der Waals surface area contributed by atoms with Crippen LogP contribution in [0.1, 0.15) is 25.7 Å². The molecule has 6 heteroatoms. The Kier molecular flexibility index (Phi) is 8.49. The highest BCUT2D eigenvalue weighted by Gasteiger charge is 2.14. The lowest BCUT2D eigenvalue weighted by molar-refractivity contribution is 0.244. The summed E-state index contributed by atoms with van der Waals surface area (Å²) < 4.78 is 1.79. The normalized spacial score (nSPS) is 11.3. The minimum absolute atomic E-state index is 0.0639. The summed E-state index contributed by atoms with van der Waals surface area (Å²) in [6.45, 7) is 5.40. The largest absolute Gasteiger partial charge is 0.337 e. The molecule has 156 valence electrons. The van der Waals surface area contributed by atoms with Crippen molar-refractivity contribution in [2.24, 2.45) is 5.73 Å². The number of para-hydroxylation sites is 2. The highest BCUT2D eigenvalue weighted by atomic mass is 16.2. The van der Waals surface area contributed by atoms with E-state index in [1.54, 1.807) is 4.57 Å². The Morgan fingerprint density at radius 2 is 1.24 bits per heavy atom. The zero-order chi connectivity index (χ0) is 20.3. The number of benzene rings is 2. The number of nitrogens with zero attached hydrogens (tertiary/aromatic N) is 1. The minimum atomic E-state index is -0.0639. The zero-order valence-electron chi connectivity index (χ0n) is 17.1. The van der Waals surface area contributed by atoms with Crippen LogP contribution in [0.3, 0.4) is 0 Å². The summed E-state index contributed by atoms with van der Waals surface area (Å²) in [5.41, 5.74) is 7.36. The number of aromatic nitrogens is 1. The number of nitrogens with one attached hydrogen (secondary N) is 3. The first-order valence-corrected chi connectivity index (χ1v) is 10.7. The molecule has 0 aliphatic carbocycles. The van der Waals surface area contributed by atoms with E-state index in [1.165, 1.54) is 6.42 Å². The maximum Gasteiger partial charge on any atom is 0.326 e. The first kappa shape index (κ1) is 21.3. The second-order valence-electron chi connectivity index (χ2n) is 7.30. The second-order valence-corrected chi connectivity index (χ2v) is 7.30. The molecule has 0 saturated heterocycles. The van der Waals surface area contributed by atoms with Crippen molar-refractivity contribution >= 4 is 27.8 Å². The highest BCUT2D eigenvalue weighted by Crippen LogP contribution is 2.28. The summed E-state index contributed by atoms with van der Waals surface area (Å²) >= 11 is 0. The molecule has 0 atom stereocenters. The van der Waals surface area contributed by atoms with Gasteiger partial charge in [0.1, 0.15) is 0 Å². The van der Waals surface area contributed by atoms with Crippen LogP contribution in [0.25, 0.3) is 21.8 Å². The number of nitrogens with two attached hydrogens (primary N) is 1. The van der Waals surface area contributed by atoms with Gasteiger partial charge in [0.2, 0.25) is 0 Å². The molecule has 6 nitrogen and oxygen atoms in total. The Hall–Kier alpha value is -2.41. The molecule has 1 amide bonds. The fourth-order valence-electron chi connectivity index (χ4n) is 3.61. The van der Waals surface area contributed by atoms with Crippen LogP contribution in [-0.2, 0) is 0 Å². The minimum Gasteiger partial charge on any atom is -0.337 e. The van der Waals surface area contributed by atoms with Gasteiger partial charge in [-0.2, -0.15) is 0 Å². The number of amides is 1. The molecule has 0 spiro atoms. The number of fused-ring (bicyclic) bond motifs is 3. The smallest absolute Gasteiger partial charge is 0.326 e. The zero-order valence-corrected chi connectivity index (χ0v) is 17.1. The fraction of sp³-hybridized carbons (Fsp3) is 0.435. The molecule has 3 rings (SSSR count). The van der Waals surface area contributed by atoms with Crippen LogP contribution in [0.15, 0.2) is 48.5 Å². The molecular weight excluding hydrogens is 362 g/mol. The standard InChI is InChI=1S/C23H33N5O/c24-13-7-16-25-14-5-6-15-26-17-8-18-27-23(29)28-21-11-3-1-9-19(21)20-10-2-4-12-22(20)28/h1-4,9-12,25-26H,5-8,13-18,24H2,(H,27,29). The van der Waals surface area contributed by atoms with Crippen LogP contribution in [0.2, 0.25) is 0 Å².